The first-order valence-electron chi connectivity index (χ1n) is 4.76. The Bertz CT molecular complexity index is 388. The minimum atomic E-state index is -0.329. The van der Waals surface area contributed by atoms with Gasteiger partial charge in [0.15, 0.2) is 0 Å². The van der Waals surface area contributed by atoms with Gasteiger partial charge in [-0.25, -0.2) is 0 Å². The third-order valence-corrected chi connectivity index (χ3v) is 2.04. The van der Waals surface area contributed by atoms with E-state index in [1.807, 2.05) is 42.5 Å². The second-order valence-corrected chi connectivity index (χ2v) is 3.11. The summed E-state index contributed by atoms with van der Waals surface area (Å²) in [5.41, 5.74) is 1.07. The molecule has 1 aromatic carbocycles. The van der Waals surface area contributed by atoms with Gasteiger partial charge in [-0.15, -0.1) is 0 Å². The molecule has 0 aromatic heterocycles. The Balaban J connectivity index is 2.01. The van der Waals surface area contributed by atoms with Crippen LogP contribution in [0.25, 0.3) is 6.08 Å². The Morgan fingerprint density at radius 2 is 2.00 bits per heavy atom. The lowest BCUT2D eigenvalue weighted by Gasteiger charge is -2.16. The molecule has 0 saturated heterocycles. The minimum absolute atomic E-state index is 0.329. The van der Waals surface area contributed by atoms with Crippen molar-refractivity contribution < 1.29 is 9.47 Å². The first-order valence-corrected chi connectivity index (χ1v) is 4.76. The van der Waals surface area contributed by atoms with Gasteiger partial charge in [-0.1, -0.05) is 30.9 Å². The van der Waals surface area contributed by atoms with E-state index in [1.165, 1.54) is 0 Å². The third-order valence-electron chi connectivity index (χ3n) is 2.04. The van der Waals surface area contributed by atoms with Gasteiger partial charge in [-0.2, -0.15) is 0 Å². The zero-order valence-corrected chi connectivity index (χ0v) is 8.30. The van der Waals surface area contributed by atoms with Gasteiger partial charge >= 0.3 is 0 Å². The topological polar surface area (TPSA) is 18.5 Å². The van der Waals surface area contributed by atoms with Crippen LogP contribution in [0, 0.1) is 0 Å². The highest BCUT2D eigenvalue weighted by Crippen LogP contribution is 2.16. The van der Waals surface area contributed by atoms with E-state index in [1.54, 1.807) is 12.3 Å². The summed E-state index contributed by atoms with van der Waals surface area (Å²) in [6.07, 6.45) is 8.64. The molecule has 0 bridgehead atoms. The zero-order chi connectivity index (χ0) is 10.5. The molecule has 1 aliphatic rings. The summed E-state index contributed by atoms with van der Waals surface area (Å²) in [5, 5.41) is 0. The summed E-state index contributed by atoms with van der Waals surface area (Å²) >= 11 is 0. The molecule has 0 N–H and O–H groups in total. The number of allylic oxidation sites excluding steroid dienone is 2. The van der Waals surface area contributed by atoms with Crippen LogP contribution in [0.4, 0.5) is 0 Å². The average Bonchev–Trinajstić information content (AvgIpc) is 2.31. The first kappa shape index (κ1) is 9.59. The Hall–Kier alpha value is -1.96. The summed E-state index contributed by atoms with van der Waals surface area (Å²) in [7, 11) is 0. The molecule has 2 rings (SSSR count). The quantitative estimate of drug-likeness (QED) is 0.746. The van der Waals surface area contributed by atoms with E-state index in [4.69, 9.17) is 9.47 Å². The van der Waals surface area contributed by atoms with E-state index < -0.39 is 0 Å². The maximum Gasteiger partial charge on any atom is 0.260 e. The summed E-state index contributed by atoms with van der Waals surface area (Å²) < 4.78 is 10.8. The maximum atomic E-state index is 5.56. The number of hydrogen-bond donors (Lipinski definition) is 0. The van der Waals surface area contributed by atoms with Gasteiger partial charge in [0.05, 0.1) is 6.26 Å². The molecule has 2 heteroatoms. The molecule has 0 aliphatic carbocycles. The second-order valence-electron chi connectivity index (χ2n) is 3.11. The van der Waals surface area contributed by atoms with Crippen molar-refractivity contribution in [3.8, 4) is 5.75 Å². The lowest BCUT2D eigenvalue weighted by molar-refractivity contribution is 0.00787. The Morgan fingerprint density at radius 3 is 2.60 bits per heavy atom. The smallest absolute Gasteiger partial charge is 0.260 e. The van der Waals surface area contributed by atoms with Gasteiger partial charge in [0.1, 0.15) is 5.75 Å². The summed E-state index contributed by atoms with van der Waals surface area (Å²) in [4.78, 5) is 0. The molecule has 15 heavy (non-hydrogen) atoms. The van der Waals surface area contributed by atoms with Crippen molar-refractivity contribution in [1.82, 2.24) is 0 Å². The van der Waals surface area contributed by atoms with E-state index in [0.717, 1.165) is 11.3 Å². The molecule has 1 aliphatic heterocycles. The fourth-order valence-electron chi connectivity index (χ4n) is 1.25. The fraction of sp³-hybridized carbons (Fsp3) is 0.0769. The van der Waals surface area contributed by atoms with Gasteiger partial charge in [-0.05, 0) is 29.8 Å². The number of hydrogen-bond acceptors (Lipinski definition) is 2. The van der Waals surface area contributed by atoms with Gasteiger partial charge < -0.3 is 9.47 Å². The van der Waals surface area contributed by atoms with Crippen LogP contribution < -0.4 is 4.74 Å². The molecule has 1 heterocycles. The molecule has 1 atom stereocenters. The van der Waals surface area contributed by atoms with Crippen LogP contribution in [0.5, 0.6) is 5.75 Å². The lowest BCUT2D eigenvalue weighted by atomic mass is 10.2. The van der Waals surface area contributed by atoms with Gasteiger partial charge in [0.25, 0.3) is 6.29 Å². The molecule has 0 spiro atoms. The van der Waals surface area contributed by atoms with Crippen molar-refractivity contribution in [3.63, 3.8) is 0 Å². The third kappa shape index (κ3) is 2.50. The van der Waals surface area contributed by atoms with Crippen molar-refractivity contribution in [2.45, 2.75) is 6.29 Å². The number of rotatable bonds is 3. The molecule has 1 unspecified atom stereocenters. The van der Waals surface area contributed by atoms with Gasteiger partial charge in [0.2, 0.25) is 0 Å². The first-order chi connectivity index (χ1) is 7.38. The molecule has 0 fully saturated rings. The summed E-state index contributed by atoms with van der Waals surface area (Å²) in [6, 6.07) is 7.69. The average molecular weight is 200 g/mol. The van der Waals surface area contributed by atoms with Crippen molar-refractivity contribution in [1.29, 1.82) is 0 Å². The fourth-order valence-corrected chi connectivity index (χ4v) is 1.25. The molecular weight excluding hydrogens is 188 g/mol. The largest absolute Gasteiger partial charge is 0.459 e. The lowest BCUT2D eigenvalue weighted by Crippen LogP contribution is -2.16. The number of ether oxygens (including phenoxy) is 2. The molecule has 0 radical (unpaired) electrons. The van der Waals surface area contributed by atoms with Crippen molar-refractivity contribution in [2.24, 2.45) is 0 Å². The highest BCUT2D eigenvalue weighted by atomic mass is 16.7. The molecule has 76 valence electrons. The predicted molar refractivity (Wildman–Crippen MR) is 60.3 cm³/mol. The van der Waals surface area contributed by atoms with E-state index in [2.05, 4.69) is 6.58 Å². The van der Waals surface area contributed by atoms with Gasteiger partial charge in [-0.3, -0.25) is 0 Å². The van der Waals surface area contributed by atoms with Crippen LogP contribution in [-0.4, -0.2) is 6.29 Å². The minimum Gasteiger partial charge on any atom is -0.459 e. The van der Waals surface area contributed by atoms with Crippen molar-refractivity contribution >= 4 is 6.08 Å². The standard InChI is InChI=1S/C13H12O2/c1-2-11-6-8-12(9-7-11)15-13-5-3-4-10-14-13/h2-10,13H,1H2. The van der Waals surface area contributed by atoms with Crippen LogP contribution in [0.1, 0.15) is 5.56 Å². The zero-order valence-electron chi connectivity index (χ0n) is 8.30. The monoisotopic (exact) mass is 200 g/mol. The van der Waals surface area contributed by atoms with Crippen LogP contribution in [-0.2, 0) is 4.74 Å². The molecule has 0 amide bonds. The number of benzene rings is 1. The summed E-state index contributed by atoms with van der Waals surface area (Å²) in [5.74, 6) is 0.783. The Morgan fingerprint density at radius 1 is 1.20 bits per heavy atom. The van der Waals surface area contributed by atoms with E-state index in [9.17, 15) is 0 Å². The molecular formula is C13H12O2. The SMILES string of the molecule is C=Cc1ccc(OC2C=CC=CO2)cc1. The normalized spacial score (nSPS) is 18.3. The van der Waals surface area contributed by atoms with Crippen molar-refractivity contribution in [3.05, 3.63) is 60.9 Å². The van der Waals surface area contributed by atoms with Crippen LogP contribution in [0.3, 0.4) is 0 Å². The summed E-state index contributed by atoms with van der Waals surface area (Å²) in [6.45, 7) is 3.69. The van der Waals surface area contributed by atoms with Gasteiger partial charge in [0, 0.05) is 0 Å². The Labute approximate surface area is 89.1 Å². The maximum absolute atomic E-state index is 5.56. The second kappa shape index (κ2) is 4.51. The van der Waals surface area contributed by atoms with Crippen LogP contribution in [0.2, 0.25) is 0 Å². The van der Waals surface area contributed by atoms with E-state index in [0.29, 0.717) is 0 Å². The van der Waals surface area contributed by atoms with E-state index >= 15 is 0 Å². The van der Waals surface area contributed by atoms with E-state index in [-0.39, 0.29) is 6.29 Å². The van der Waals surface area contributed by atoms with Crippen LogP contribution in [0.15, 0.2) is 55.3 Å². The van der Waals surface area contributed by atoms with Crippen molar-refractivity contribution in [2.75, 3.05) is 0 Å². The Kier molecular flexibility index (Phi) is 2.88. The molecule has 2 nitrogen and oxygen atoms in total. The highest BCUT2D eigenvalue weighted by molar-refractivity contribution is 5.48. The van der Waals surface area contributed by atoms with Crippen LogP contribution >= 0.6 is 0 Å². The molecule has 1 aromatic rings. The molecule has 0 saturated carbocycles. The predicted octanol–water partition coefficient (Wildman–Crippen LogP) is 3.13. The highest BCUT2D eigenvalue weighted by Gasteiger charge is 2.06.